The first-order valence-corrected chi connectivity index (χ1v) is 13.0. The van der Waals surface area contributed by atoms with Crippen molar-refractivity contribution < 1.29 is 33.7 Å². The summed E-state index contributed by atoms with van der Waals surface area (Å²) in [4.78, 5) is 44.8. The molecule has 1 aromatic carbocycles. The predicted molar refractivity (Wildman–Crippen MR) is 137 cm³/mol. The molecular weight excluding hydrogens is 476 g/mol. The number of hydrogen-bond acceptors (Lipinski definition) is 7. The SMILES string of the molecule is C=CCN(C(=O)C1N(CCCCO)C(=O)[C@@H]2[C@@H](C(=O)OCC)[C@]3(C)OC12CC3C)c1ccc(OC)cc1. The molecule has 1 N–H and O–H groups in total. The second-order valence-electron chi connectivity index (χ2n) is 10.4. The van der Waals surface area contributed by atoms with Crippen molar-refractivity contribution in [1.29, 1.82) is 0 Å². The Kier molecular flexibility index (Phi) is 7.67. The van der Waals surface area contributed by atoms with Gasteiger partial charge in [0.05, 0.1) is 25.2 Å². The van der Waals surface area contributed by atoms with Gasteiger partial charge in [0.15, 0.2) is 0 Å². The number of benzene rings is 1. The normalized spacial score (nSPS) is 31.8. The summed E-state index contributed by atoms with van der Waals surface area (Å²) < 4.78 is 17.4. The topological polar surface area (TPSA) is 106 Å². The molecule has 3 heterocycles. The molecule has 37 heavy (non-hydrogen) atoms. The van der Waals surface area contributed by atoms with E-state index in [1.165, 1.54) is 0 Å². The number of amides is 2. The number of ether oxygens (including phenoxy) is 3. The fraction of sp³-hybridized carbons (Fsp3) is 0.607. The molecule has 3 aliphatic rings. The zero-order valence-electron chi connectivity index (χ0n) is 22.1. The Morgan fingerprint density at radius 3 is 2.59 bits per heavy atom. The molecule has 202 valence electrons. The third-order valence-corrected chi connectivity index (χ3v) is 8.36. The molecule has 0 aromatic heterocycles. The Morgan fingerprint density at radius 1 is 1.30 bits per heavy atom. The Bertz CT molecular complexity index is 1040. The van der Waals surface area contributed by atoms with Gasteiger partial charge in [-0.25, -0.2) is 0 Å². The molecule has 0 saturated carbocycles. The van der Waals surface area contributed by atoms with Gasteiger partial charge in [0.1, 0.15) is 23.3 Å². The molecule has 1 spiro atoms. The summed E-state index contributed by atoms with van der Waals surface area (Å²) in [5.41, 5.74) is -1.42. The quantitative estimate of drug-likeness (QED) is 0.275. The highest BCUT2D eigenvalue weighted by molar-refractivity contribution is 6.04. The van der Waals surface area contributed by atoms with Crippen LogP contribution in [0.2, 0.25) is 0 Å². The number of nitrogens with zero attached hydrogens (tertiary/aromatic N) is 2. The van der Waals surface area contributed by atoms with Crippen LogP contribution in [0.5, 0.6) is 5.75 Å². The summed E-state index contributed by atoms with van der Waals surface area (Å²) in [6.45, 7) is 10.1. The highest BCUT2D eigenvalue weighted by Crippen LogP contribution is 2.65. The predicted octanol–water partition coefficient (Wildman–Crippen LogP) is 2.56. The minimum absolute atomic E-state index is 0.0132. The molecule has 3 saturated heterocycles. The molecule has 2 bridgehead atoms. The van der Waals surface area contributed by atoms with Crippen LogP contribution in [0, 0.1) is 17.8 Å². The van der Waals surface area contributed by atoms with E-state index in [2.05, 4.69) is 6.58 Å². The van der Waals surface area contributed by atoms with Gasteiger partial charge < -0.3 is 29.1 Å². The maximum absolute atomic E-state index is 14.4. The van der Waals surface area contributed by atoms with Crippen LogP contribution < -0.4 is 9.64 Å². The Morgan fingerprint density at radius 2 is 2.00 bits per heavy atom. The largest absolute Gasteiger partial charge is 0.497 e. The smallest absolute Gasteiger partial charge is 0.312 e. The minimum atomic E-state index is -1.15. The molecule has 2 amide bonds. The third-order valence-electron chi connectivity index (χ3n) is 8.36. The molecule has 3 unspecified atom stereocenters. The first-order chi connectivity index (χ1) is 17.7. The van der Waals surface area contributed by atoms with E-state index < -0.39 is 35.0 Å². The number of aliphatic hydroxyl groups is 1. The fourth-order valence-corrected chi connectivity index (χ4v) is 6.60. The first-order valence-electron chi connectivity index (χ1n) is 13.0. The van der Waals surface area contributed by atoms with E-state index in [0.717, 1.165) is 0 Å². The van der Waals surface area contributed by atoms with Crippen LogP contribution in [-0.4, -0.2) is 78.4 Å². The number of carbonyl (C=O) groups is 3. The number of esters is 1. The second kappa shape index (κ2) is 10.5. The van der Waals surface area contributed by atoms with Crippen molar-refractivity contribution in [1.82, 2.24) is 4.90 Å². The first kappa shape index (κ1) is 27.1. The molecule has 6 atom stereocenters. The van der Waals surface area contributed by atoms with Gasteiger partial charge in [-0.1, -0.05) is 13.0 Å². The Labute approximate surface area is 218 Å². The van der Waals surface area contributed by atoms with Gasteiger partial charge in [0, 0.05) is 25.4 Å². The number of rotatable bonds is 11. The number of hydrogen-bond donors (Lipinski definition) is 1. The van der Waals surface area contributed by atoms with Crippen LogP contribution in [0.15, 0.2) is 36.9 Å². The number of fused-ring (bicyclic) bond motifs is 1. The fourth-order valence-electron chi connectivity index (χ4n) is 6.60. The van der Waals surface area contributed by atoms with Crippen LogP contribution >= 0.6 is 0 Å². The zero-order chi connectivity index (χ0) is 27.0. The lowest BCUT2D eigenvalue weighted by Crippen LogP contribution is -2.57. The number of aliphatic hydroxyl groups excluding tert-OH is 1. The molecule has 9 heteroatoms. The van der Waals surface area contributed by atoms with E-state index in [0.29, 0.717) is 30.7 Å². The highest BCUT2D eigenvalue weighted by Gasteiger charge is 2.80. The molecule has 0 radical (unpaired) electrons. The molecule has 0 aliphatic carbocycles. The third kappa shape index (κ3) is 4.22. The summed E-state index contributed by atoms with van der Waals surface area (Å²) in [7, 11) is 1.57. The Balaban J connectivity index is 1.79. The summed E-state index contributed by atoms with van der Waals surface area (Å²) in [5.74, 6) is -2.02. The number of likely N-dealkylation sites (tertiary alicyclic amines) is 1. The van der Waals surface area contributed by atoms with Crippen molar-refractivity contribution in [2.24, 2.45) is 17.8 Å². The van der Waals surface area contributed by atoms with Crippen LogP contribution in [0.4, 0.5) is 5.69 Å². The molecular formula is C28H38N2O7. The second-order valence-corrected chi connectivity index (χ2v) is 10.4. The molecule has 9 nitrogen and oxygen atoms in total. The van der Waals surface area contributed by atoms with Gasteiger partial charge in [-0.3, -0.25) is 14.4 Å². The van der Waals surface area contributed by atoms with Crippen LogP contribution in [-0.2, 0) is 23.9 Å². The van der Waals surface area contributed by atoms with Crippen molar-refractivity contribution in [2.45, 2.75) is 57.3 Å². The lowest BCUT2D eigenvalue weighted by Gasteiger charge is -2.37. The van der Waals surface area contributed by atoms with Gasteiger partial charge in [-0.15, -0.1) is 6.58 Å². The number of methoxy groups -OCH3 is 1. The zero-order valence-corrected chi connectivity index (χ0v) is 22.1. The minimum Gasteiger partial charge on any atom is -0.497 e. The van der Waals surface area contributed by atoms with E-state index in [4.69, 9.17) is 14.2 Å². The van der Waals surface area contributed by atoms with Gasteiger partial charge >= 0.3 is 5.97 Å². The van der Waals surface area contributed by atoms with E-state index in [1.807, 2.05) is 13.8 Å². The lowest BCUT2D eigenvalue weighted by molar-refractivity contribution is -0.161. The Hall–Kier alpha value is -2.91. The average molecular weight is 515 g/mol. The monoisotopic (exact) mass is 514 g/mol. The standard InChI is InChI=1S/C28H38N2O7/c1-6-14-29(19-10-12-20(35-5)13-11-19)25(33)23-28-17-18(3)27(4,37-28)22(26(34)36-7-2)21(28)24(32)30(23)15-8-9-16-31/h6,10-13,18,21-23,31H,1,7-9,14-17H2,2-5H3/t18?,21-,22-,23?,27+,28?/m0/s1. The van der Waals surface area contributed by atoms with Crippen LogP contribution in [0.25, 0.3) is 0 Å². The van der Waals surface area contributed by atoms with E-state index in [1.54, 1.807) is 54.2 Å². The van der Waals surface area contributed by atoms with Crippen molar-refractivity contribution in [3.63, 3.8) is 0 Å². The maximum Gasteiger partial charge on any atom is 0.312 e. The van der Waals surface area contributed by atoms with E-state index in [9.17, 15) is 19.5 Å². The average Bonchev–Trinajstić information content (AvgIpc) is 3.39. The lowest BCUT2D eigenvalue weighted by atomic mass is 9.62. The van der Waals surface area contributed by atoms with Crippen molar-refractivity contribution in [2.75, 3.05) is 38.3 Å². The summed E-state index contributed by atoms with van der Waals surface area (Å²) in [6, 6.07) is 6.21. The summed E-state index contributed by atoms with van der Waals surface area (Å²) in [6.07, 6.45) is 3.14. The molecule has 3 aliphatic heterocycles. The molecule has 1 aromatic rings. The van der Waals surface area contributed by atoms with Crippen molar-refractivity contribution in [3.8, 4) is 5.75 Å². The van der Waals surface area contributed by atoms with Crippen molar-refractivity contribution >= 4 is 23.5 Å². The highest BCUT2D eigenvalue weighted by atomic mass is 16.6. The van der Waals surface area contributed by atoms with Crippen LogP contribution in [0.1, 0.15) is 40.0 Å². The maximum atomic E-state index is 14.4. The number of carbonyl (C=O) groups excluding carboxylic acids is 3. The summed E-state index contributed by atoms with van der Waals surface area (Å²) >= 11 is 0. The van der Waals surface area contributed by atoms with Gasteiger partial charge in [0.25, 0.3) is 5.91 Å². The van der Waals surface area contributed by atoms with Gasteiger partial charge in [-0.2, -0.15) is 0 Å². The van der Waals surface area contributed by atoms with E-state index in [-0.39, 0.29) is 44.0 Å². The van der Waals surface area contributed by atoms with E-state index >= 15 is 0 Å². The molecule has 4 rings (SSSR count). The van der Waals surface area contributed by atoms with Crippen molar-refractivity contribution in [3.05, 3.63) is 36.9 Å². The van der Waals surface area contributed by atoms with Gasteiger partial charge in [0.2, 0.25) is 5.91 Å². The molecule has 3 fully saturated rings. The number of unbranched alkanes of at least 4 members (excludes halogenated alkanes) is 1. The summed E-state index contributed by atoms with van der Waals surface area (Å²) in [5, 5.41) is 9.35. The van der Waals surface area contributed by atoms with Gasteiger partial charge in [-0.05, 0) is 63.3 Å². The number of anilines is 1. The van der Waals surface area contributed by atoms with Crippen LogP contribution in [0.3, 0.4) is 0 Å².